The number of aromatic carboxylic acids is 1. The van der Waals surface area contributed by atoms with Crippen molar-refractivity contribution >= 4 is 5.97 Å². The van der Waals surface area contributed by atoms with Crippen molar-refractivity contribution in [3.8, 4) is 28.5 Å². The number of carboxylic acids is 1. The maximum absolute atomic E-state index is 10.8. The Kier molecular flexibility index (Phi) is 3.28. The SMILES string of the molecule is COc1cc(-c2cc(C(=O)O)[nH]n2)cc(O)c1OC. The Morgan fingerprint density at radius 1 is 1.26 bits per heavy atom. The summed E-state index contributed by atoms with van der Waals surface area (Å²) in [6.45, 7) is 0. The normalized spacial score (nSPS) is 10.2. The lowest BCUT2D eigenvalue weighted by Gasteiger charge is -2.10. The van der Waals surface area contributed by atoms with E-state index in [0.29, 0.717) is 17.0 Å². The molecule has 0 aliphatic heterocycles. The Hall–Kier alpha value is -2.70. The van der Waals surface area contributed by atoms with Crippen LogP contribution >= 0.6 is 0 Å². The number of benzene rings is 1. The van der Waals surface area contributed by atoms with Gasteiger partial charge in [0.25, 0.3) is 0 Å². The number of aromatic nitrogens is 2. The summed E-state index contributed by atoms with van der Waals surface area (Å²) in [4.78, 5) is 10.8. The number of hydrogen-bond donors (Lipinski definition) is 3. The van der Waals surface area contributed by atoms with Crippen LogP contribution in [0.3, 0.4) is 0 Å². The van der Waals surface area contributed by atoms with Gasteiger partial charge in [0.15, 0.2) is 11.5 Å². The number of aromatic amines is 1. The Labute approximate surface area is 108 Å². The molecular weight excluding hydrogens is 252 g/mol. The number of rotatable bonds is 4. The van der Waals surface area contributed by atoms with E-state index in [1.165, 1.54) is 26.4 Å². The summed E-state index contributed by atoms with van der Waals surface area (Å²) in [5.41, 5.74) is 0.858. The van der Waals surface area contributed by atoms with E-state index < -0.39 is 5.97 Å². The number of ether oxygens (including phenoxy) is 2. The van der Waals surface area contributed by atoms with E-state index in [1.54, 1.807) is 6.07 Å². The molecule has 0 atom stereocenters. The van der Waals surface area contributed by atoms with E-state index >= 15 is 0 Å². The molecule has 0 bridgehead atoms. The molecule has 1 aromatic carbocycles. The van der Waals surface area contributed by atoms with Gasteiger partial charge in [-0.2, -0.15) is 5.10 Å². The summed E-state index contributed by atoms with van der Waals surface area (Å²) in [7, 11) is 2.85. The standard InChI is InChI=1S/C12H12N2O5/c1-18-10-4-6(3-9(15)11(10)19-2)7-5-8(12(16)17)14-13-7/h3-5,15H,1-2H3,(H,13,14)(H,16,17). The van der Waals surface area contributed by atoms with Crippen molar-refractivity contribution in [2.24, 2.45) is 0 Å². The molecule has 0 saturated carbocycles. The fourth-order valence-electron chi connectivity index (χ4n) is 1.67. The van der Waals surface area contributed by atoms with E-state index in [2.05, 4.69) is 10.2 Å². The molecule has 2 aromatic rings. The van der Waals surface area contributed by atoms with E-state index in [1.807, 2.05) is 0 Å². The second kappa shape index (κ2) is 4.89. The number of nitrogens with one attached hydrogen (secondary N) is 1. The number of phenolic OH excluding ortho intramolecular Hbond substituents is 1. The van der Waals surface area contributed by atoms with Crippen LogP contribution in [0.25, 0.3) is 11.3 Å². The molecule has 7 heteroatoms. The second-order valence-corrected chi connectivity index (χ2v) is 3.70. The maximum Gasteiger partial charge on any atom is 0.353 e. The predicted molar refractivity (Wildman–Crippen MR) is 65.8 cm³/mol. The number of carbonyl (C=O) groups is 1. The number of nitrogens with zero attached hydrogens (tertiary/aromatic N) is 1. The fourth-order valence-corrected chi connectivity index (χ4v) is 1.67. The summed E-state index contributed by atoms with van der Waals surface area (Å²) < 4.78 is 10.1. The van der Waals surface area contributed by atoms with Gasteiger partial charge in [-0.3, -0.25) is 5.10 Å². The van der Waals surface area contributed by atoms with Crippen LogP contribution in [0.2, 0.25) is 0 Å². The first kappa shape index (κ1) is 12.7. The first-order valence-corrected chi connectivity index (χ1v) is 5.31. The van der Waals surface area contributed by atoms with Gasteiger partial charge in [0.2, 0.25) is 5.75 Å². The Morgan fingerprint density at radius 3 is 2.53 bits per heavy atom. The molecule has 0 amide bonds. The summed E-state index contributed by atoms with van der Waals surface area (Å²) in [5, 5.41) is 24.9. The topological polar surface area (TPSA) is 105 Å². The maximum atomic E-state index is 10.8. The van der Waals surface area contributed by atoms with Crippen LogP contribution in [0.5, 0.6) is 17.2 Å². The Morgan fingerprint density at radius 2 is 2.00 bits per heavy atom. The predicted octanol–water partition coefficient (Wildman–Crippen LogP) is 1.50. The minimum Gasteiger partial charge on any atom is -0.504 e. The highest BCUT2D eigenvalue weighted by Gasteiger charge is 2.15. The van der Waals surface area contributed by atoms with Crippen molar-refractivity contribution in [2.75, 3.05) is 14.2 Å². The van der Waals surface area contributed by atoms with E-state index in [-0.39, 0.29) is 17.2 Å². The van der Waals surface area contributed by atoms with Crippen molar-refractivity contribution in [2.45, 2.75) is 0 Å². The van der Waals surface area contributed by atoms with Crippen molar-refractivity contribution in [3.63, 3.8) is 0 Å². The largest absolute Gasteiger partial charge is 0.504 e. The molecule has 0 unspecified atom stereocenters. The van der Waals surface area contributed by atoms with E-state index in [4.69, 9.17) is 14.6 Å². The van der Waals surface area contributed by atoms with Crippen molar-refractivity contribution in [1.29, 1.82) is 0 Å². The molecule has 0 aliphatic rings. The molecule has 19 heavy (non-hydrogen) atoms. The molecule has 1 aromatic heterocycles. The average Bonchev–Trinajstić information content (AvgIpc) is 2.87. The first-order chi connectivity index (χ1) is 9.06. The molecule has 0 radical (unpaired) electrons. The molecule has 0 spiro atoms. The van der Waals surface area contributed by atoms with Gasteiger partial charge in [0, 0.05) is 5.56 Å². The summed E-state index contributed by atoms with van der Waals surface area (Å²) in [6.07, 6.45) is 0. The van der Waals surface area contributed by atoms with Gasteiger partial charge in [0.05, 0.1) is 19.9 Å². The zero-order valence-corrected chi connectivity index (χ0v) is 10.3. The molecule has 1 heterocycles. The van der Waals surface area contributed by atoms with Crippen molar-refractivity contribution in [3.05, 3.63) is 23.9 Å². The second-order valence-electron chi connectivity index (χ2n) is 3.70. The molecule has 0 saturated heterocycles. The molecule has 3 N–H and O–H groups in total. The summed E-state index contributed by atoms with van der Waals surface area (Å²) in [6, 6.07) is 4.38. The van der Waals surface area contributed by atoms with Crippen LogP contribution in [0.15, 0.2) is 18.2 Å². The van der Waals surface area contributed by atoms with Crippen LogP contribution in [-0.2, 0) is 0 Å². The number of methoxy groups -OCH3 is 2. The Balaban J connectivity index is 2.50. The first-order valence-electron chi connectivity index (χ1n) is 5.31. The van der Waals surface area contributed by atoms with Crippen LogP contribution in [0.4, 0.5) is 0 Å². The van der Waals surface area contributed by atoms with Gasteiger partial charge in [0.1, 0.15) is 5.69 Å². The Bertz CT molecular complexity index is 621. The van der Waals surface area contributed by atoms with Crippen molar-refractivity contribution in [1.82, 2.24) is 10.2 Å². The fraction of sp³-hybridized carbons (Fsp3) is 0.167. The van der Waals surface area contributed by atoms with E-state index in [9.17, 15) is 9.90 Å². The highest BCUT2D eigenvalue weighted by atomic mass is 16.5. The third-order valence-corrected chi connectivity index (χ3v) is 2.56. The summed E-state index contributed by atoms with van der Waals surface area (Å²) >= 11 is 0. The molecule has 100 valence electrons. The van der Waals surface area contributed by atoms with Crippen LogP contribution in [0, 0.1) is 0 Å². The van der Waals surface area contributed by atoms with Crippen LogP contribution < -0.4 is 9.47 Å². The van der Waals surface area contributed by atoms with Gasteiger partial charge in [-0.15, -0.1) is 0 Å². The van der Waals surface area contributed by atoms with Crippen molar-refractivity contribution < 1.29 is 24.5 Å². The highest BCUT2D eigenvalue weighted by Crippen LogP contribution is 2.40. The van der Waals surface area contributed by atoms with Gasteiger partial charge >= 0.3 is 5.97 Å². The number of H-pyrrole nitrogens is 1. The smallest absolute Gasteiger partial charge is 0.353 e. The van der Waals surface area contributed by atoms with E-state index in [0.717, 1.165) is 0 Å². The molecular formula is C12H12N2O5. The lowest BCUT2D eigenvalue weighted by molar-refractivity contribution is 0.0690. The monoisotopic (exact) mass is 264 g/mol. The average molecular weight is 264 g/mol. The quantitative estimate of drug-likeness (QED) is 0.772. The third-order valence-electron chi connectivity index (χ3n) is 2.56. The number of carboxylic acid groups (broad SMARTS) is 1. The molecule has 0 aliphatic carbocycles. The number of aromatic hydroxyl groups is 1. The zero-order chi connectivity index (χ0) is 14.0. The minimum atomic E-state index is -1.11. The molecule has 2 rings (SSSR count). The number of hydrogen-bond acceptors (Lipinski definition) is 5. The lowest BCUT2D eigenvalue weighted by atomic mass is 10.1. The minimum absolute atomic E-state index is 0.0377. The molecule has 0 fully saturated rings. The van der Waals surface area contributed by atoms with Crippen LogP contribution in [-0.4, -0.2) is 40.6 Å². The zero-order valence-electron chi connectivity index (χ0n) is 10.3. The van der Waals surface area contributed by atoms with Gasteiger partial charge in [-0.05, 0) is 18.2 Å². The summed E-state index contributed by atoms with van der Waals surface area (Å²) in [5.74, 6) is -0.683. The van der Waals surface area contributed by atoms with Crippen LogP contribution in [0.1, 0.15) is 10.5 Å². The van der Waals surface area contributed by atoms with Gasteiger partial charge in [-0.25, -0.2) is 4.79 Å². The third kappa shape index (κ3) is 2.30. The highest BCUT2D eigenvalue weighted by molar-refractivity contribution is 5.87. The number of phenols is 1. The molecule has 7 nitrogen and oxygen atoms in total. The van der Waals surface area contributed by atoms with Gasteiger partial charge in [-0.1, -0.05) is 0 Å². The van der Waals surface area contributed by atoms with Gasteiger partial charge < -0.3 is 19.7 Å². The lowest BCUT2D eigenvalue weighted by Crippen LogP contribution is -1.95.